The van der Waals surface area contributed by atoms with Crippen molar-refractivity contribution < 1.29 is 0 Å². The molecular formula is C42H25NOSe. The van der Waals surface area contributed by atoms with Crippen molar-refractivity contribution in [2.45, 2.75) is 5.41 Å². The summed E-state index contributed by atoms with van der Waals surface area (Å²) in [6.45, 7) is 0. The van der Waals surface area contributed by atoms with Gasteiger partial charge in [0.15, 0.2) is 0 Å². The second-order valence-electron chi connectivity index (χ2n) is 12.0. The third kappa shape index (κ3) is 3.21. The Bertz CT molecular complexity index is 2540. The standard InChI is InChI=1S/C42H25NOSe/c44-41-29-16-4-10-23-39(29)45-40-25-35-30(24-31(40)41)28-15-3-5-17-32(28)42(35)33-18-6-8-20-37(33)43(38-21-9-7-19-34(38)42)36-22-11-13-26-12-1-2-14-27(26)36/h1-25H. The molecule has 0 N–H and O–H groups in total. The molecule has 0 radical (unpaired) electrons. The fraction of sp³-hybridized carbons (Fsp3) is 0.0238. The van der Waals surface area contributed by atoms with Gasteiger partial charge in [-0.3, -0.25) is 0 Å². The second-order valence-corrected chi connectivity index (χ2v) is 14.3. The molecule has 3 heteroatoms. The van der Waals surface area contributed by atoms with E-state index in [2.05, 4.69) is 144 Å². The Balaban J connectivity index is 1.36. The molecule has 1 spiro atoms. The first-order valence-corrected chi connectivity index (χ1v) is 17.0. The van der Waals surface area contributed by atoms with Gasteiger partial charge in [0, 0.05) is 0 Å². The van der Waals surface area contributed by atoms with E-state index < -0.39 is 5.41 Å². The molecule has 0 amide bonds. The molecule has 0 saturated carbocycles. The summed E-state index contributed by atoms with van der Waals surface area (Å²) in [4.78, 5) is 16.4. The summed E-state index contributed by atoms with van der Waals surface area (Å²) < 4.78 is 2.34. The summed E-state index contributed by atoms with van der Waals surface area (Å²) in [7, 11) is 0. The Kier molecular flexibility index (Phi) is 5.12. The van der Waals surface area contributed by atoms with Crippen molar-refractivity contribution in [2.24, 2.45) is 0 Å². The normalized spacial score (nSPS) is 14.0. The molecule has 0 bridgehead atoms. The van der Waals surface area contributed by atoms with Crippen molar-refractivity contribution in [1.82, 2.24) is 0 Å². The van der Waals surface area contributed by atoms with Crippen LogP contribution in [0.5, 0.6) is 0 Å². The molecule has 7 aromatic carbocycles. The van der Waals surface area contributed by atoms with Gasteiger partial charge in [0.05, 0.1) is 0 Å². The zero-order valence-electron chi connectivity index (χ0n) is 24.2. The van der Waals surface area contributed by atoms with E-state index in [1.807, 2.05) is 12.1 Å². The van der Waals surface area contributed by atoms with Crippen LogP contribution in [0.1, 0.15) is 22.3 Å². The van der Waals surface area contributed by atoms with Crippen molar-refractivity contribution >= 4 is 61.6 Å². The molecule has 45 heavy (non-hydrogen) atoms. The van der Waals surface area contributed by atoms with Crippen LogP contribution in [-0.2, 0) is 5.41 Å². The minimum atomic E-state index is -0.523. The molecule has 0 atom stereocenters. The molecule has 2 heterocycles. The summed E-state index contributed by atoms with van der Waals surface area (Å²) in [6, 6.07) is 54.7. The summed E-state index contributed by atoms with van der Waals surface area (Å²) in [5, 5.41) is 4.15. The molecule has 1 aliphatic carbocycles. The van der Waals surface area contributed by atoms with E-state index in [1.165, 1.54) is 64.2 Å². The summed E-state index contributed by atoms with van der Waals surface area (Å²) in [5.74, 6) is 0. The number of benzene rings is 7. The molecule has 210 valence electrons. The number of para-hydroxylation sites is 2. The molecule has 0 unspecified atom stereocenters. The van der Waals surface area contributed by atoms with Crippen molar-refractivity contribution in [1.29, 1.82) is 0 Å². The van der Waals surface area contributed by atoms with E-state index in [9.17, 15) is 4.79 Å². The Morgan fingerprint density at radius 3 is 1.84 bits per heavy atom. The number of hydrogen-bond donors (Lipinski definition) is 0. The van der Waals surface area contributed by atoms with Crippen LogP contribution in [0.2, 0.25) is 0 Å². The number of rotatable bonds is 1. The quantitative estimate of drug-likeness (QED) is 0.132. The fourth-order valence-electron chi connectivity index (χ4n) is 8.06. The van der Waals surface area contributed by atoms with Gasteiger partial charge in [-0.15, -0.1) is 0 Å². The van der Waals surface area contributed by atoms with E-state index in [4.69, 9.17) is 0 Å². The summed E-state index contributed by atoms with van der Waals surface area (Å²) >= 11 is 0.0352. The minimum absolute atomic E-state index is 0.0352. The van der Waals surface area contributed by atoms with Gasteiger partial charge in [-0.05, 0) is 0 Å². The second kappa shape index (κ2) is 9.15. The third-order valence-electron chi connectivity index (χ3n) is 9.85. The first-order valence-electron chi connectivity index (χ1n) is 15.3. The van der Waals surface area contributed by atoms with Crippen LogP contribution >= 0.6 is 0 Å². The van der Waals surface area contributed by atoms with Gasteiger partial charge in [-0.1, -0.05) is 0 Å². The summed E-state index contributed by atoms with van der Waals surface area (Å²) in [6.07, 6.45) is 0. The van der Waals surface area contributed by atoms with Gasteiger partial charge in [-0.2, -0.15) is 0 Å². The Hall–Kier alpha value is -5.21. The van der Waals surface area contributed by atoms with Gasteiger partial charge >= 0.3 is 267 Å². The van der Waals surface area contributed by atoms with Crippen LogP contribution in [0.4, 0.5) is 17.1 Å². The van der Waals surface area contributed by atoms with Crippen LogP contribution < -0.4 is 10.3 Å². The Morgan fingerprint density at radius 1 is 0.444 bits per heavy atom. The van der Waals surface area contributed by atoms with Crippen LogP contribution in [0, 0.1) is 0 Å². The fourth-order valence-corrected chi connectivity index (χ4v) is 10.4. The van der Waals surface area contributed by atoms with E-state index in [0.29, 0.717) is 0 Å². The third-order valence-corrected chi connectivity index (χ3v) is 12.2. The van der Waals surface area contributed by atoms with Crippen LogP contribution in [0.25, 0.3) is 41.2 Å². The molecular weight excluding hydrogens is 613 g/mol. The molecule has 10 rings (SSSR count). The van der Waals surface area contributed by atoms with Gasteiger partial charge in [-0.25, -0.2) is 0 Å². The maximum absolute atomic E-state index is 13.9. The molecule has 1 aromatic heterocycles. The van der Waals surface area contributed by atoms with Gasteiger partial charge in [0.2, 0.25) is 0 Å². The SMILES string of the molecule is O=c1c2ccccc2[se]c2cc3c(cc12)-c1ccccc1C31c2ccccc2N(c2cccc3ccccc23)c2ccccc21. The van der Waals surface area contributed by atoms with Crippen molar-refractivity contribution in [3.8, 4) is 11.1 Å². The first-order chi connectivity index (χ1) is 22.2. The van der Waals surface area contributed by atoms with Crippen molar-refractivity contribution in [3.63, 3.8) is 0 Å². The molecule has 0 fully saturated rings. The number of fused-ring (bicyclic) bond motifs is 12. The zero-order valence-corrected chi connectivity index (χ0v) is 25.9. The van der Waals surface area contributed by atoms with E-state index in [-0.39, 0.29) is 19.9 Å². The molecule has 2 nitrogen and oxygen atoms in total. The van der Waals surface area contributed by atoms with E-state index in [1.54, 1.807) is 0 Å². The monoisotopic (exact) mass is 639 g/mol. The Labute approximate surface area is 266 Å². The average Bonchev–Trinajstić information content (AvgIpc) is 3.38. The van der Waals surface area contributed by atoms with E-state index >= 15 is 0 Å². The number of nitrogens with zero attached hydrogens (tertiary/aromatic N) is 1. The molecule has 0 saturated heterocycles. The topological polar surface area (TPSA) is 20.3 Å². The van der Waals surface area contributed by atoms with Gasteiger partial charge in [0.1, 0.15) is 0 Å². The predicted molar refractivity (Wildman–Crippen MR) is 188 cm³/mol. The maximum atomic E-state index is 13.9. The zero-order chi connectivity index (χ0) is 29.7. The first kappa shape index (κ1) is 25.2. The molecule has 1 aliphatic heterocycles. The summed E-state index contributed by atoms with van der Waals surface area (Å²) in [5.41, 5.74) is 10.6. The Morgan fingerprint density at radius 2 is 1.04 bits per heavy atom. The predicted octanol–water partition coefficient (Wildman–Crippen LogP) is 9.71. The number of hydrogen-bond acceptors (Lipinski definition) is 2. The van der Waals surface area contributed by atoms with Crippen LogP contribution in [-0.4, -0.2) is 14.5 Å². The van der Waals surface area contributed by atoms with Crippen LogP contribution in [0.15, 0.2) is 156 Å². The van der Waals surface area contributed by atoms with E-state index in [0.717, 1.165) is 16.3 Å². The van der Waals surface area contributed by atoms with Crippen molar-refractivity contribution in [3.05, 3.63) is 184 Å². The van der Waals surface area contributed by atoms with Gasteiger partial charge < -0.3 is 0 Å². The van der Waals surface area contributed by atoms with Crippen molar-refractivity contribution in [2.75, 3.05) is 4.90 Å². The molecule has 8 aromatic rings. The van der Waals surface area contributed by atoms with Gasteiger partial charge in [0.25, 0.3) is 0 Å². The number of anilines is 3. The molecule has 2 aliphatic rings. The van der Waals surface area contributed by atoms with Crippen LogP contribution in [0.3, 0.4) is 0 Å². The average molecular weight is 639 g/mol.